The van der Waals surface area contributed by atoms with Crippen LogP contribution in [-0.4, -0.2) is 32.4 Å². The third-order valence-electron chi connectivity index (χ3n) is 1.58. The van der Waals surface area contributed by atoms with E-state index in [0.717, 1.165) is 6.26 Å². The fraction of sp³-hybridized carbons (Fsp3) is 1.00. The first kappa shape index (κ1) is 11.9. The SMILES string of the molecule is CC(C)(C)[C@H](CO)NS(C)(=O)=O. The fourth-order valence-electron chi connectivity index (χ4n) is 0.746. The Bertz CT molecular complexity index is 228. The van der Waals surface area contributed by atoms with Gasteiger partial charge in [0.05, 0.1) is 12.9 Å². The van der Waals surface area contributed by atoms with Crippen LogP contribution in [-0.2, 0) is 10.0 Å². The molecule has 74 valence electrons. The molecule has 0 spiro atoms. The zero-order valence-electron chi connectivity index (χ0n) is 7.96. The highest BCUT2D eigenvalue weighted by atomic mass is 32.2. The second-order valence-electron chi connectivity index (χ2n) is 3.99. The van der Waals surface area contributed by atoms with Crippen molar-refractivity contribution < 1.29 is 13.5 Å². The highest BCUT2D eigenvalue weighted by Gasteiger charge is 2.26. The number of aliphatic hydroxyl groups excluding tert-OH is 1. The van der Waals surface area contributed by atoms with Gasteiger partial charge in [-0.2, -0.15) is 0 Å². The van der Waals surface area contributed by atoms with Crippen molar-refractivity contribution in [2.24, 2.45) is 5.41 Å². The van der Waals surface area contributed by atoms with Crippen molar-refractivity contribution in [3.05, 3.63) is 0 Å². The van der Waals surface area contributed by atoms with E-state index in [-0.39, 0.29) is 12.0 Å². The first-order chi connectivity index (χ1) is 5.17. The molecular formula is C7H17NO3S. The lowest BCUT2D eigenvalue weighted by Crippen LogP contribution is -2.45. The van der Waals surface area contributed by atoms with Crippen molar-refractivity contribution in [2.45, 2.75) is 26.8 Å². The largest absolute Gasteiger partial charge is 0.395 e. The van der Waals surface area contributed by atoms with Gasteiger partial charge >= 0.3 is 0 Å². The third-order valence-corrected chi connectivity index (χ3v) is 2.30. The average Bonchev–Trinajstić information content (AvgIpc) is 1.78. The monoisotopic (exact) mass is 195 g/mol. The molecule has 0 aromatic heterocycles. The zero-order valence-corrected chi connectivity index (χ0v) is 8.77. The normalized spacial score (nSPS) is 16.1. The Balaban J connectivity index is 4.41. The van der Waals surface area contributed by atoms with Gasteiger partial charge in [-0.1, -0.05) is 20.8 Å². The summed E-state index contributed by atoms with van der Waals surface area (Å²) in [7, 11) is -3.23. The second kappa shape index (κ2) is 3.72. The van der Waals surface area contributed by atoms with Crippen LogP contribution < -0.4 is 4.72 Å². The molecule has 0 amide bonds. The first-order valence-corrected chi connectivity index (χ1v) is 5.64. The number of nitrogens with one attached hydrogen (secondary N) is 1. The molecule has 0 aliphatic carbocycles. The van der Waals surface area contributed by atoms with Gasteiger partial charge in [0.1, 0.15) is 0 Å². The molecule has 0 aliphatic heterocycles. The Morgan fingerprint density at radius 1 is 1.42 bits per heavy atom. The van der Waals surface area contributed by atoms with E-state index < -0.39 is 16.1 Å². The molecule has 0 aliphatic rings. The summed E-state index contributed by atoms with van der Waals surface area (Å²) in [6.45, 7) is 5.42. The number of hydrogen-bond acceptors (Lipinski definition) is 3. The molecule has 2 N–H and O–H groups in total. The van der Waals surface area contributed by atoms with Gasteiger partial charge in [-0.05, 0) is 5.41 Å². The molecule has 0 saturated carbocycles. The Kier molecular flexibility index (Phi) is 3.68. The lowest BCUT2D eigenvalue weighted by molar-refractivity contribution is 0.177. The van der Waals surface area contributed by atoms with Crippen molar-refractivity contribution in [1.29, 1.82) is 0 Å². The Labute approximate surface area is 74.0 Å². The van der Waals surface area contributed by atoms with Crippen molar-refractivity contribution in [1.82, 2.24) is 4.72 Å². The van der Waals surface area contributed by atoms with Crippen LogP contribution in [0.3, 0.4) is 0 Å². The molecule has 12 heavy (non-hydrogen) atoms. The Morgan fingerprint density at radius 2 is 1.83 bits per heavy atom. The summed E-state index contributed by atoms with van der Waals surface area (Å²) in [5, 5.41) is 8.90. The molecule has 4 nitrogen and oxygen atoms in total. The Hall–Kier alpha value is -0.130. The molecule has 0 heterocycles. The fourth-order valence-corrected chi connectivity index (χ4v) is 1.69. The molecular weight excluding hydrogens is 178 g/mol. The maximum atomic E-state index is 10.8. The molecule has 0 radical (unpaired) electrons. The van der Waals surface area contributed by atoms with Gasteiger partial charge in [-0.15, -0.1) is 0 Å². The van der Waals surface area contributed by atoms with Crippen LogP contribution in [0.15, 0.2) is 0 Å². The standard InChI is InChI=1S/C7H17NO3S/c1-7(2,3)6(5-9)8-12(4,10)11/h6,8-9H,5H2,1-4H3/t6-/m0/s1. The average molecular weight is 195 g/mol. The van der Waals surface area contributed by atoms with E-state index in [4.69, 9.17) is 5.11 Å². The molecule has 0 bridgehead atoms. The molecule has 0 saturated heterocycles. The lowest BCUT2D eigenvalue weighted by Gasteiger charge is -2.28. The van der Waals surface area contributed by atoms with E-state index in [1.54, 1.807) is 0 Å². The minimum absolute atomic E-state index is 0.184. The number of aliphatic hydroxyl groups is 1. The van der Waals surface area contributed by atoms with Gasteiger partial charge in [-0.25, -0.2) is 13.1 Å². The van der Waals surface area contributed by atoms with Gasteiger partial charge in [0.25, 0.3) is 0 Å². The summed E-state index contributed by atoms with van der Waals surface area (Å²) >= 11 is 0. The highest BCUT2D eigenvalue weighted by Crippen LogP contribution is 2.18. The lowest BCUT2D eigenvalue weighted by atomic mass is 9.88. The minimum atomic E-state index is -3.23. The van der Waals surface area contributed by atoms with E-state index in [0.29, 0.717) is 0 Å². The van der Waals surface area contributed by atoms with Crippen LogP contribution in [0.4, 0.5) is 0 Å². The smallest absolute Gasteiger partial charge is 0.209 e. The first-order valence-electron chi connectivity index (χ1n) is 3.75. The minimum Gasteiger partial charge on any atom is -0.395 e. The van der Waals surface area contributed by atoms with Crippen molar-refractivity contribution >= 4 is 10.0 Å². The quantitative estimate of drug-likeness (QED) is 0.663. The number of hydrogen-bond donors (Lipinski definition) is 2. The summed E-state index contributed by atoms with van der Waals surface area (Å²) in [5.41, 5.74) is -0.266. The number of sulfonamides is 1. The Morgan fingerprint density at radius 3 is 1.92 bits per heavy atom. The van der Waals surface area contributed by atoms with E-state index in [1.807, 2.05) is 20.8 Å². The van der Waals surface area contributed by atoms with Crippen LogP contribution in [0.5, 0.6) is 0 Å². The van der Waals surface area contributed by atoms with E-state index >= 15 is 0 Å². The van der Waals surface area contributed by atoms with E-state index in [1.165, 1.54) is 0 Å². The molecule has 5 heteroatoms. The maximum absolute atomic E-state index is 10.8. The third kappa shape index (κ3) is 4.69. The summed E-state index contributed by atoms with van der Waals surface area (Å²) in [5.74, 6) is 0. The molecule has 0 fully saturated rings. The van der Waals surface area contributed by atoms with Crippen LogP contribution >= 0.6 is 0 Å². The predicted molar refractivity (Wildman–Crippen MR) is 48.3 cm³/mol. The van der Waals surface area contributed by atoms with Crippen molar-refractivity contribution in [3.8, 4) is 0 Å². The van der Waals surface area contributed by atoms with Gasteiger partial charge in [0.2, 0.25) is 10.0 Å². The van der Waals surface area contributed by atoms with Gasteiger partial charge in [0.15, 0.2) is 0 Å². The summed E-state index contributed by atoms with van der Waals surface area (Å²) in [6, 6.07) is -0.424. The molecule has 0 aromatic rings. The zero-order chi connectivity index (χ0) is 9.99. The van der Waals surface area contributed by atoms with Crippen molar-refractivity contribution in [2.75, 3.05) is 12.9 Å². The second-order valence-corrected chi connectivity index (χ2v) is 5.77. The van der Waals surface area contributed by atoms with Gasteiger partial charge < -0.3 is 5.11 Å². The topological polar surface area (TPSA) is 66.4 Å². The van der Waals surface area contributed by atoms with Crippen LogP contribution in [0.1, 0.15) is 20.8 Å². The predicted octanol–water partition coefficient (Wildman–Crippen LogP) is -0.0574. The maximum Gasteiger partial charge on any atom is 0.209 e. The highest BCUT2D eigenvalue weighted by molar-refractivity contribution is 7.88. The molecule has 0 aromatic carbocycles. The van der Waals surface area contributed by atoms with Crippen LogP contribution in [0, 0.1) is 5.41 Å². The molecule has 1 atom stereocenters. The van der Waals surface area contributed by atoms with Crippen LogP contribution in [0.25, 0.3) is 0 Å². The number of rotatable bonds is 3. The van der Waals surface area contributed by atoms with E-state index in [2.05, 4.69) is 4.72 Å². The van der Waals surface area contributed by atoms with Crippen molar-refractivity contribution in [3.63, 3.8) is 0 Å². The van der Waals surface area contributed by atoms with Gasteiger partial charge in [0, 0.05) is 6.04 Å². The van der Waals surface area contributed by atoms with Crippen LogP contribution in [0.2, 0.25) is 0 Å². The van der Waals surface area contributed by atoms with Gasteiger partial charge in [-0.3, -0.25) is 0 Å². The molecule has 0 rings (SSSR count). The molecule has 0 unspecified atom stereocenters. The van der Waals surface area contributed by atoms with E-state index in [9.17, 15) is 8.42 Å². The summed E-state index contributed by atoms with van der Waals surface area (Å²) in [4.78, 5) is 0. The summed E-state index contributed by atoms with van der Waals surface area (Å²) < 4.78 is 24.0. The summed E-state index contributed by atoms with van der Waals surface area (Å²) in [6.07, 6.45) is 1.08.